The van der Waals surface area contributed by atoms with Crippen LogP contribution < -0.4 is 4.90 Å². The summed E-state index contributed by atoms with van der Waals surface area (Å²) >= 11 is 0. The van der Waals surface area contributed by atoms with Crippen molar-refractivity contribution < 1.29 is 5.11 Å². The van der Waals surface area contributed by atoms with Crippen molar-refractivity contribution in [2.45, 2.75) is 19.8 Å². The Bertz CT molecular complexity index is 359. The molecule has 3 nitrogen and oxygen atoms in total. The van der Waals surface area contributed by atoms with Gasteiger partial charge < -0.3 is 10.0 Å². The molecule has 1 heterocycles. The van der Waals surface area contributed by atoms with Gasteiger partial charge in [0.15, 0.2) is 0 Å². The Hall–Kier alpha value is -1.06. The summed E-state index contributed by atoms with van der Waals surface area (Å²) in [6, 6.07) is 8.72. The molecule has 0 atom stereocenters. The van der Waals surface area contributed by atoms with Crippen molar-refractivity contribution >= 4 is 5.69 Å². The zero-order valence-corrected chi connectivity index (χ0v) is 11.3. The molecule has 0 spiro atoms. The first kappa shape index (κ1) is 13.4. The number of piperazine rings is 1. The van der Waals surface area contributed by atoms with Crippen LogP contribution in [-0.2, 0) is 6.42 Å². The second-order valence-electron chi connectivity index (χ2n) is 4.89. The second kappa shape index (κ2) is 6.76. The molecule has 1 aliphatic rings. The lowest BCUT2D eigenvalue weighted by Gasteiger charge is -2.37. The highest BCUT2D eigenvalue weighted by Crippen LogP contribution is 2.22. The molecule has 0 aliphatic carbocycles. The average Bonchev–Trinajstić information content (AvgIpc) is 2.45. The first-order valence-corrected chi connectivity index (χ1v) is 7.01. The maximum Gasteiger partial charge on any atom is 0.0443 e. The molecule has 100 valence electrons. The SMILES string of the molecule is CCc1ccccc1N1CCN(CCCO)CC1. The van der Waals surface area contributed by atoms with Crippen LogP contribution in [0.5, 0.6) is 0 Å². The molecule has 0 saturated carbocycles. The van der Waals surface area contributed by atoms with E-state index in [1.165, 1.54) is 11.3 Å². The Morgan fingerprint density at radius 2 is 1.83 bits per heavy atom. The van der Waals surface area contributed by atoms with Crippen molar-refractivity contribution in [2.75, 3.05) is 44.2 Å². The predicted octanol–water partition coefficient (Wildman–Crippen LogP) is 1.75. The topological polar surface area (TPSA) is 26.7 Å². The molecule has 0 amide bonds. The molecule has 18 heavy (non-hydrogen) atoms. The molecule has 1 aromatic rings. The summed E-state index contributed by atoms with van der Waals surface area (Å²) in [5, 5.41) is 8.86. The minimum atomic E-state index is 0.304. The van der Waals surface area contributed by atoms with Gasteiger partial charge in [0.25, 0.3) is 0 Å². The van der Waals surface area contributed by atoms with E-state index in [9.17, 15) is 0 Å². The lowest BCUT2D eigenvalue weighted by molar-refractivity contribution is 0.216. The number of rotatable bonds is 5. The van der Waals surface area contributed by atoms with Crippen LogP contribution in [0.15, 0.2) is 24.3 Å². The number of para-hydroxylation sites is 1. The molecule has 0 aromatic heterocycles. The Morgan fingerprint density at radius 3 is 2.50 bits per heavy atom. The maximum absolute atomic E-state index is 8.86. The highest BCUT2D eigenvalue weighted by atomic mass is 16.3. The summed E-state index contributed by atoms with van der Waals surface area (Å²) in [6.07, 6.45) is 1.99. The molecular weight excluding hydrogens is 224 g/mol. The summed E-state index contributed by atoms with van der Waals surface area (Å²) in [5.41, 5.74) is 2.85. The molecule has 0 unspecified atom stereocenters. The zero-order chi connectivity index (χ0) is 12.8. The van der Waals surface area contributed by atoms with E-state index in [0.29, 0.717) is 6.61 Å². The van der Waals surface area contributed by atoms with Crippen LogP contribution >= 0.6 is 0 Å². The zero-order valence-electron chi connectivity index (χ0n) is 11.3. The largest absolute Gasteiger partial charge is 0.396 e. The lowest BCUT2D eigenvalue weighted by Crippen LogP contribution is -2.47. The van der Waals surface area contributed by atoms with Crippen LogP contribution in [0.2, 0.25) is 0 Å². The van der Waals surface area contributed by atoms with Gasteiger partial charge in [-0.3, -0.25) is 4.90 Å². The first-order chi connectivity index (χ1) is 8.85. The van der Waals surface area contributed by atoms with Crippen molar-refractivity contribution in [3.8, 4) is 0 Å². The third-order valence-electron chi connectivity index (χ3n) is 3.72. The average molecular weight is 248 g/mol. The number of nitrogens with zero attached hydrogens (tertiary/aromatic N) is 2. The molecule has 1 aliphatic heterocycles. The maximum atomic E-state index is 8.86. The standard InChI is InChI=1S/C15H24N2O/c1-2-14-6-3-4-7-15(14)17-11-9-16(10-12-17)8-5-13-18/h3-4,6-7,18H,2,5,8-13H2,1H3. The number of benzene rings is 1. The summed E-state index contributed by atoms with van der Waals surface area (Å²) in [6.45, 7) is 7.97. The van der Waals surface area contributed by atoms with E-state index in [0.717, 1.165) is 45.6 Å². The van der Waals surface area contributed by atoms with Crippen LogP contribution in [0.4, 0.5) is 5.69 Å². The van der Waals surface area contributed by atoms with Gasteiger partial charge in [0.05, 0.1) is 0 Å². The van der Waals surface area contributed by atoms with Crippen LogP contribution in [-0.4, -0.2) is 49.3 Å². The molecular formula is C15H24N2O. The Labute approximate surface area is 110 Å². The molecule has 1 saturated heterocycles. The third-order valence-corrected chi connectivity index (χ3v) is 3.72. The van der Waals surface area contributed by atoms with E-state index in [-0.39, 0.29) is 0 Å². The van der Waals surface area contributed by atoms with Gasteiger partial charge in [-0.15, -0.1) is 0 Å². The minimum Gasteiger partial charge on any atom is -0.396 e. The first-order valence-electron chi connectivity index (χ1n) is 7.01. The van der Waals surface area contributed by atoms with Gasteiger partial charge in [-0.1, -0.05) is 25.1 Å². The van der Waals surface area contributed by atoms with Gasteiger partial charge in [0.2, 0.25) is 0 Å². The smallest absolute Gasteiger partial charge is 0.0443 e. The van der Waals surface area contributed by atoms with Gasteiger partial charge in [-0.2, -0.15) is 0 Å². The van der Waals surface area contributed by atoms with E-state index in [1.54, 1.807) is 0 Å². The van der Waals surface area contributed by atoms with Crippen molar-refractivity contribution in [3.63, 3.8) is 0 Å². The Morgan fingerprint density at radius 1 is 1.11 bits per heavy atom. The molecule has 0 radical (unpaired) electrons. The molecule has 1 fully saturated rings. The van der Waals surface area contributed by atoms with E-state index >= 15 is 0 Å². The van der Waals surface area contributed by atoms with E-state index in [4.69, 9.17) is 5.11 Å². The fourth-order valence-corrected chi connectivity index (χ4v) is 2.62. The number of aliphatic hydroxyl groups excluding tert-OH is 1. The van der Waals surface area contributed by atoms with Crippen molar-refractivity contribution in [1.82, 2.24) is 4.90 Å². The number of hydrogen-bond donors (Lipinski definition) is 1. The highest BCUT2D eigenvalue weighted by Gasteiger charge is 2.17. The monoisotopic (exact) mass is 248 g/mol. The Balaban J connectivity index is 1.92. The fraction of sp³-hybridized carbons (Fsp3) is 0.600. The molecule has 3 heteroatoms. The lowest BCUT2D eigenvalue weighted by atomic mass is 10.1. The quantitative estimate of drug-likeness (QED) is 0.860. The molecule has 0 bridgehead atoms. The summed E-state index contributed by atoms with van der Waals surface area (Å²) in [7, 11) is 0. The van der Waals surface area contributed by atoms with Crippen molar-refractivity contribution in [3.05, 3.63) is 29.8 Å². The van der Waals surface area contributed by atoms with E-state index < -0.39 is 0 Å². The molecule has 1 N–H and O–H groups in total. The van der Waals surface area contributed by atoms with E-state index in [1.807, 2.05) is 0 Å². The minimum absolute atomic E-state index is 0.304. The number of aliphatic hydroxyl groups is 1. The van der Waals surface area contributed by atoms with Crippen LogP contribution in [0.25, 0.3) is 0 Å². The molecule has 1 aromatic carbocycles. The number of aryl methyl sites for hydroxylation is 1. The third kappa shape index (κ3) is 3.24. The summed E-state index contributed by atoms with van der Waals surface area (Å²) in [4.78, 5) is 4.94. The summed E-state index contributed by atoms with van der Waals surface area (Å²) < 4.78 is 0. The van der Waals surface area contributed by atoms with Gasteiger partial charge >= 0.3 is 0 Å². The van der Waals surface area contributed by atoms with Gasteiger partial charge in [0, 0.05) is 45.0 Å². The second-order valence-corrected chi connectivity index (χ2v) is 4.89. The summed E-state index contributed by atoms with van der Waals surface area (Å²) in [5.74, 6) is 0. The van der Waals surface area contributed by atoms with Gasteiger partial charge in [-0.25, -0.2) is 0 Å². The normalized spacial score (nSPS) is 17.1. The van der Waals surface area contributed by atoms with E-state index in [2.05, 4.69) is 41.0 Å². The molecule has 2 rings (SSSR count). The predicted molar refractivity (Wildman–Crippen MR) is 76.2 cm³/mol. The van der Waals surface area contributed by atoms with Gasteiger partial charge in [0.1, 0.15) is 0 Å². The highest BCUT2D eigenvalue weighted by molar-refractivity contribution is 5.54. The van der Waals surface area contributed by atoms with Gasteiger partial charge in [-0.05, 0) is 24.5 Å². The number of anilines is 1. The van der Waals surface area contributed by atoms with Crippen LogP contribution in [0.1, 0.15) is 18.9 Å². The Kier molecular flexibility index (Phi) is 5.02. The fourth-order valence-electron chi connectivity index (χ4n) is 2.62. The van der Waals surface area contributed by atoms with Crippen LogP contribution in [0, 0.1) is 0 Å². The van der Waals surface area contributed by atoms with Crippen LogP contribution in [0.3, 0.4) is 0 Å². The number of hydrogen-bond acceptors (Lipinski definition) is 3. The van der Waals surface area contributed by atoms with Crippen molar-refractivity contribution in [2.24, 2.45) is 0 Å². The van der Waals surface area contributed by atoms with Crippen molar-refractivity contribution in [1.29, 1.82) is 0 Å².